The first-order chi connectivity index (χ1) is 8.65. The van der Waals surface area contributed by atoms with E-state index in [1.54, 1.807) is 4.90 Å². The van der Waals surface area contributed by atoms with Gasteiger partial charge in [0.25, 0.3) is 0 Å². The molecule has 1 unspecified atom stereocenters. The van der Waals surface area contributed by atoms with Crippen LogP contribution < -0.4 is 10.2 Å². The highest BCUT2D eigenvalue weighted by atomic mass is 79.9. The van der Waals surface area contributed by atoms with Crippen molar-refractivity contribution in [1.29, 1.82) is 0 Å². The molecular weight excluding hydrogens is 296 g/mol. The summed E-state index contributed by atoms with van der Waals surface area (Å²) in [6.45, 7) is 0.115. The summed E-state index contributed by atoms with van der Waals surface area (Å²) < 4.78 is 0.957. The van der Waals surface area contributed by atoms with Crippen LogP contribution in [0.25, 0.3) is 0 Å². The number of halogens is 1. The zero-order chi connectivity index (χ0) is 12.7. The summed E-state index contributed by atoms with van der Waals surface area (Å²) in [6, 6.07) is 7.13. The van der Waals surface area contributed by atoms with Crippen molar-refractivity contribution in [3.8, 4) is 0 Å². The van der Waals surface area contributed by atoms with Crippen molar-refractivity contribution in [3.05, 3.63) is 28.7 Å². The molecule has 1 atom stereocenters. The maximum Gasteiger partial charge on any atom is 0.250 e. The lowest BCUT2D eigenvalue weighted by molar-refractivity contribution is -0.131. The van der Waals surface area contributed by atoms with Gasteiger partial charge >= 0.3 is 0 Å². The number of rotatable bonds is 2. The lowest BCUT2D eigenvalue weighted by Crippen LogP contribution is -2.59. The molecule has 2 amide bonds. The van der Waals surface area contributed by atoms with Crippen LogP contribution >= 0.6 is 15.9 Å². The van der Waals surface area contributed by atoms with E-state index in [0.717, 1.165) is 23.0 Å². The number of nitrogens with one attached hydrogen (secondary N) is 1. The average Bonchev–Trinajstić information content (AvgIpc) is 3.17. The predicted molar refractivity (Wildman–Crippen MR) is 71.1 cm³/mol. The van der Waals surface area contributed by atoms with Crippen molar-refractivity contribution >= 4 is 33.4 Å². The van der Waals surface area contributed by atoms with Gasteiger partial charge in [-0.15, -0.1) is 0 Å². The minimum absolute atomic E-state index is 0.0134. The van der Waals surface area contributed by atoms with Gasteiger partial charge in [-0.05, 0) is 43.0 Å². The van der Waals surface area contributed by atoms with E-state index >= 15 is 0 Å². The second-order valence-corrected chi connectivity index (χ2v) is 5.70. The molecule has 1 aliphatic carbocycles. The van der Waals surface area contributed by atoms with Gasteiger partial charge in [-0.3, -0.25) is 9.59 Å². The van der Waals surface area contributed by atoms with Crippen LogP contribution in [0.15, 0.2) is 28.7 Å². The van der Waals surface area contributed by atoms with Crippen LogP contribution in [-0.4, -0.2) is 24.4 Å². The quantitative estimate of drug-likeness (QED) is 0.904. The van der Waals surface area contributed by atoms with Crippen LogP contribution in [0, 0.1) is 5.92 Å². The topological polar surface area (TPSA) is 49.4 Å². The van der Waals surface area contributed by atoms with Crippen LogP contribution in [0.3, 0.4) is 0 Å². The molecule has 2 fully saturated rings. The molecule has 94 valence electrons. The number of piperazine rings is 1. The molecule has 4 nitrogen and oxygen atoms in total. The Morgan fingerprint density at radius 2 is 1.83 bits per heavy atom. The molecular formula is C13H13BrN2O2. The number of nitrogens with zero attached hydrogens (tertiary/aromatic N) is 1. The van der Waals surface area contributed by atoms with Gasteiger partial charge in [0, 0.05) is 10.2 Å². The molecule has 5 heteroatoms. The van der Waals surface area contributed by atoms with Crippen molar-refractivity contribution in [2.45, 2.75) is 18.9 Å². The maximum atomic E-state index is 12.3. The molecule has 0 spiro atoms. The van der Waals surface area contributed by atoms with Gasteiger partial charge in [0.2, 0.25) is 11.8 Å². The summed E-state index contributed by atoms with van der Waals surface area (Å²) in [6.07, 6.45) is 2.07. The van der Waals surface area contributed by atoms with Crippen molar-refractivity contribution in [3.63, 3.8) is 0 Å². The number of benzene rings is 1. The minimum Gasteiger partial charge on any atom is -0.342 e. The number of amides is 2. The van der Waals surface area contributed by atoms with Crippen LogP contribution in [0.2, 0.25) is 0 Å². The molecule has 1 heterocycles. The summed E-state index contributed by atoms with van der Waals surface area (Å²) in [5.41, 5.74) is 0.781. The molecule has 1 aromatic carbocycles. The number of hydrogen-bond donors (Lipinski definition) is 1. The van der Waals surface area contributed by atoms with Gasteiger partial charge < -0.3 is 10.2 Å². The van der Waals surface area contributed by atoms with Crippen LogP contribution in [-0.2, 0) is 9.59 Å². The van der Waals surface area contributed by atoms with Gasteiger partial charge in [0.05, 0.1) is 0 Å². The van der Waals surface area contributed by atoms with Crippen LogP contribution in [0.1, 0.15) is 12.8 Å². The first-order valence-electron chi connectivity index (χ1n) is 6.01. The lowest BCUT2D eigenvalue weighted by atomic mass is 10.1. The first kappa shape index (κ1) is 11.7. The molecule has 1 aromatic rings. The van der Waals surface area contributed by atoms with Gasteiger partial charge in [0.15, 0.2) is 0 Å². The Hall–Kier alpha value is -1.36. The summed E-state index contributed by atoms with van der Waals surface area (Å²) in [5.74, 6) is 0.272. The van der Waals surface area contributed by atoms with Gasteiger partial charge in [0.1, 0.15) is 12.6 Å². The Kier molecular flexibility index (Phi) is 2.86. The van der Waals surface area contributed by atoms with E-state index in [9.17, 15) is 9.59 Å². The molecule has 1 aliphatic heterocycles. The smallest absolute Gasteiger partial charge is 0.250 e. The van der Waals surface area contributed by atoms with Gasteiger partial charge in [-0.1, -0.05) is 15.9 Å². The Morgan fingerprint density at radius 3 is 2.44 bits per heavy atom. The summed E-state index contributed by atoms with van der Waals surface area (Å²) in [4.78, 5) is 25.6. The molecule has 1 N–H and O–H groups in total. The Bertz CT molecular complexity index is 496. The SMILES string of the molecule is O=C1CN(c2ccc(Br)cc2)C(=O)C(C2CC2)N1. The van der Waals surface area contributed by atoms with E-state index in [0.29, 0.717) is 5.92 Å². The van der Waals surface area contributed by atoms with E-state index in [2.05, 4.69) is 21.2 Å². The normalized spacial score (nSPS) is 24.1. The zero-order valence-electron chi connectivity index (χ0n) is 9.73. The fraction of sp³-hybridized carbons (Fsp3) is 0.385. The van der Waals surface area contributed by atoms with Crippen molar-refractivity contribution < 1.29 is 9.59 Å². The van der Waals surface area contributed by atoms with E-state index in [4.69, 9.17) is 0 Å². The third-order valence-electron chi connectivity index (χ3n) is 3.38. The molecule has 0 radical (unpaired) electrons. The largest absolute Gasteiger partial charge is 0.342 e. The van der Waals surface area contributed by atoms with Crippen molar-refractivity contribution in [2.24, 2.45) is 5.92 Å². The molecule has 1 saturated carbocycles. The minimum atomic E-state index is -0.324. The monoisotopic (exact) mass is 308 g/mol. The lowest BCUT2D eigenvalue weighted by Gasteiger charge is -2.32. The van der Waals surface area contributed by atoms with Crippen molar-refractivity contribution in [2.75, 3.05) is 11.4 Å². The fourth-order valence-corrected chi connectivity index (χ4v) is 2.52. The van der Waals surface area contributed by atoms with E-state index < -0.39 is 0 Å². The van der Waals surface area contributed by atoms with E-state index in [1.807, 2.05) is 24.3 Å². The van der Waals surface area contributed by atoms with Gasteiger partial charge in [-0.2, -0.15) is 0 Å². The maximum absolute atomic E-state index is 12.3. The summed E-state index contributed by atoms with van der Waals surface area (Å²) >= 11 is 3.36. The third kappa shape index (κ3) is 2.14. The molecule has 1 saturated heterocycles. The second kappa shape index (κ2) is 4.39. The summed E-state index contributed by atoms with van der Waals surface area (Å²) in [5, 5.41) is 2.80. The number of carbonyl (C=O) groups is 2. The molecule has 0 bridgehead atoms. The average molecular weight is 309 g/mol. The summed E-state index contributed by atoms with van der Waals surface area (Å²) in [7, 11) is 0. The highest BCUT2D eigenvalue weighted by Gasteiger charge is 2.42. The molecule has 3 rings (SSSR count). The number of carbonyl (C=O) groups excluding carboxylic acids is 2. The second-order valence-electron chi connectivity index (χ2n) is 4.78. The first-order valence-corrected chi connectivity index (χ1v) is 6.81. The number of hydrogen-bond acceptors (Lipinski definition) is 2. The van der Waals surface area contributed by atoms with Crippen LogP contribution in [0.4, 0.5) is 5.69 Å². The molecule has 18 heavy (non-hydrogen) atoms. The highest BCUT2D eigenvalue weighted by Crippen LogP contribution is 2.35. The van der Waals surface area contributed by atoms with Gasteiger partial charge in [-0.25, -0.2) is 0 Å². The Balaban J connectivity index is 1.87. The molecule has 0 aromatic heterocycles. The standard InChI is InChI=1S/C13H13BrN2O2/c14-9-3-5-10(6-4-9)16-7-11(17)15-12(13(16)18)8-1-2-8/h3-6,8,12H,1-2,7H2,(H,15,17). The Labute approximate surface area is 113 Å². The fourth-order valence-electron chi connectivity index (χ4n) is 2.26. The highest BCUT2D eigenvalue weighted by molar-refractivity contribution is 9.10. The Morgan fingerprint density at radius 1 is 1.17 bits per heavy atom. The van der Waals surface area contributed by atoms with E-state index in [-0.39, 0.29) is 24.4 Å². The number of anilines is 1. The molecule has 2 aliphatic rings. The van der Waals surface area contributed by atoms with Crippen molar-refractivity contribution in [1.82, 2.24) is 5.32 Å². The third-order valence-corrected chi connectivity index (χ3v) is 3.91. The van der Waals surface area contributed by atoms with E-state index in [1.165, 1.54) is 0 Å². The van der Waals surface area contributed by atoms with Crippen LogP contribution in [0.5, 0.6) is 0 Å². The zero-order valence-corrected chi connectivity index (χ0v) is 11.3. The predicted octanol–water partition coefficient (Wildman–Crippen LogP) is 1.69.